The van der Waals surface area contributed by atoms with Crippen molar-refractivity contribution < 1.29 is 31.7 Å². The van der Waals surface area contributed by atoms with Crippen molar-refractivity contribution in [2.24, 2.45) is 0 Å². The fourth-order valence-electron chi connectivity index (χ4n) is 3.95. The lowest BCUT2D eigenvalue weighted by molar-refractivity contribution is -0.669. The summed E-state index contributed by atoms with van der Waals surface area (Å²) in [5, 5.41) is 1.06. The summed E-state index contributed by atoms with van der Waals surface area (Å²) < 4.78 is 54.1. The van der Waals surface area contributed by atoms with Crippen LogP contribution < -0.4 is 14.0 Å². The first-order chi connectivity index (χ1) is 18.5. The standard InChI is InChI=1S/C27H33NO6S4/c29-38(30,31)20-4-3-11-28-23-5-1-2-6-26(23)37-27(28)10-8-22-7-9-24-25(21-22)34-15-19-36-17-13-32-12-16-35-18-14-33-24/h1-2,5-10,21H,3-4,11-20H2/b10-8+. The maximum atomic E-state index is 11.0. The Morgan fingerprint density at radius 1 is 0.868 bits per heavy atom. The second-order valence-corrected chi connectivity index (χ2v) is 13.6. The van der Waals surface area contributed by atoms with Crippen LogP contribution >= 0.6 is 34.9 Å². The van der Waals surface area contributed by atoms with Crippen LogP contribution in [-0.4, -0.2) is 68.2 Å². The van der Waals surface area contributed by atoms with Crippen molar-refractivity contribution in [3.8, 4) is 11.5 Å². The van der Waals surface area contributed by atoms with E-state index in [1.54, 1.807) is 11.3 Å². The molecule has 0 saturated heterocycles. The maximum Gasteiger partial charge on any atom is 0.262 e. The summed E-state index contributed by atoms with van der Waals surface area (Å²) in [6.07, 6.45) is 5.10. The number of hydrogen-bond acceptors (Lipinski definition) is 9. The predicted molar refractivity (Wildman–Crippen MR) is 158 cm³/mol. The number of hydrogen-bond donors (Lipinski definition) is 0. The number of fused-ring (bicyclic) bond motifs is 2. The van der Waals surface area contributed by atoms with E-state index in [4.69, 9.17) is 14.2 Å². The minimum absolute atomic E-state index is 0.330. The van der Waals surface area contributed by atoms with Gasteiger partial charge in [-0.2, -0.15) is 28.1 Å². The van der Waals surface area contributed by atoms with E-state index >= 15 is 0 Å². The van der Waals surface area contributed by atoms with Crippen LogP contribution in [-0.2, 0) is 21.4 Å². The van der Waals surface area contributed by atoms with E-state index in [0.29, 0.717) is 32.6 Å². The molecule has 3 aromatic rings. The van der Waals surface area contributed by atoms with Gasteiger partial charge in [-0.1, -0.05) is 29.5 Å². The van der Waals surface area contributed by atoms with Crippen LogP contribution in [0.3, 0.4) is 0 Å². The van der Waals surface area contributed by atoms with Gasteiger partial charge in [0, 0.05) is 47.3 Å². The molecule has 0 fully saturated rings. The van der Waals surface area contributed by atoms with E-state index in [1.165, 1.54) is 0 Å². The molecule has 0 N–H and O–H groups in total. The zero-order chi connectivity index (χ0) is 26.6. The van der Waals surface area contributed by atoms with Crippen molar-refractivity contribution in [2.75, 3.05) is 55.2 Å². The molecule has 0 saturated carbocycles. The van der Waals surface area contributed by atoms with Gasteiger partial charge in [-0.25, -0.2) is 8.42 Å². The average molecular weight is 596 g/mol. The highest BCUT2D eigenvalue weighted by atomic mass is 32.2. The number of thioether (sulfide) groups is 2. The molecule has 206 valence electrons. The quantitative estimate of drug-likeness (QED) is 0.216. The van der Waals surface area contributed by atoms with Gasteiger partial charge in [0.25, 0.3) is 5.01 Å². The molecular formula is C27H33NO6S4. The molecule has 1 aromatic heterocycles. The second kappa shape index (κ2) is 15.1. The molecule has 4 rings (SSSR count). The minimum atomic E-state index is -4.19. The fourth-order valence-corrected chi connectivity index (χ4v) is 6.88. The molecule has 0 spiro atoms. The van der Waals surface area contributed by atoms with Gasteiger partial charge in [0.15, 0.2) is 18.0 Å². The average Bonchev–Trinajstić information content (AvgIpc) is 3.24. The normalized spacial score (nSPS) is 16.3. The summed E-state index contributed by atoms with van der Waals surface area (Å²) in [5.74, 6) is 4.87. The molecule has 1 aliphatic heterocycles. The van der Waals surface area contributed by atoms with Crippen LogP contribution in [0.4, 0.5) is 0 Å². The fraction of sp³-hybridized carbons (Fsp3) is 0.444. The number of ether oxygens (including phenoxy) is 3. The number of para-hydroxylation sites is 1. The third kappa shape index (κ3) is 9.46. The smallest absolute Gasteiger partial charge is 0.262 e. The molecule has 7 nitrogen and oxygen atoms in total. The lowest BCUT2D eigenvalue weighted by atomic mass is 10.2. The zero-order valence-electron chi connectivity index (χ0n) is 21.2. The molecule has 0 amide bonds. The largest absolute Gasteiger partial charge is 0.748 e. The molecule has 11 heteroatoms. The van der Waals surface area contributed by atoms with Gasteiger partial charge in [0.1, 0.15) is 4.70 Å². The van der Waals surface area contributed by atoms with Gasteiger partial charge in [0.2, 0.25) is 5.52 Å². The number of aryl methyl sites for hydroxylation is 1. The third-order valence-electron chi connectivity index (χ3n) is 5.76. The van der Waals surface area contributed by atoms with Crippen LogP contribution in [0.15, 0.2) is 42.5 Å². The van der Waals surface area contributed by atoms with Gasteiger partial charge < -0.3 is 18.8 Å². The van der Waals surface area contributed by atoms with Crippen molar-refractivity contribution >= 4 is 67.3 Å². The van der Waals surface area contributed by atoms with Gasteiger partial charge in [0.05, 0.1) is 36.5 Å². The molecule has 1 aliphatic rings. The summed E-state index contributed by atoms with van der Waals surface area (Å²) in [4.78, 5) is 0. The minimum Gasteiger partial charge on any atom is -0.748 e. The third-order valence-corrected chi connectivity index (χ3v) is 9.50. The molecular weight excluding hydrogens is 563 g/mol. The van der Waals surface area contributed by atoms with Gasteiger partial charge in [-0.05, 0) is 36.3 Å². The SMILES string of the molecule is O=S(=O)([O-])CCCC[n+]1c(/C=C/c2ccc3c(c2)OCCSCCOCCSCCO3)sc2ccccc21. The molecule has 0 radical (unpaired) electrons. The first-order valence-electron chi connectivity index (χ1n) is 12.7. The molecule has 0 bridgehead atoms. The van der Waals surface area contributed by atoms with Crippen LogP contribution in [0.25, 0.3) is 22.4 Å². The Balaban J connectivity index is 1.50. The molecule has 38 heavy (non-hydrogen) atoms. The van der Waals surface area contributed by atoms with Crippen LogP contribution in [0.1, 0.15) is 23.4 Å². The lowest BCUT2D eigenvalue weighted by Crippen LogP contribution is -2.35. The summed E-state index contributed by atoms with van der Waals surface area (Å²) in [6.45, 7) is 3.39. The summed E-state index contributed by atoms with van der Waals surface area (Å²) >= 11 is 5.33. The first kappa shape index (κ1) is 29.2. The summed E-state index contributed by atoms with van der Waals surface area (Å²) in [7, 11) is -4.19. The molecule has 0 atom stereocenters. The van der Waals surface area contributed by atoms with Crippen LogP contribution in [0, 0.1) is 0 Å². The van der Waals surface area contributed by atoms with E-state index in [1.807, 2.05) is 53.9 Å². The number of nitrogens with zero attached hydrogens (tertiary/aromatic N) is 1. The Kier molecular flexibility index (Phi) is 11.6. The summed E-state index contributed by atoms with van der Waals surface area (Å²) in [5.41, 5.74) is 2.10. The highest BCUT2D eigenvalue weighted by molar-refractivity contribution is 7.99. The first-order valence-corrected chi connectivity index (χ1v) is 17.4. The van der Waals surface area contributed by atoms with E-state index < -0.39 is 10.1 Å². The maximum absolute atomic E-state index is 11.0. The zero-order valence-corrected chi connectivity index (χ0v) is 24.5. The molecule has 0 unspecified atom stereocenters. The van der Waals surface area contributed by atoms with E-state index in [2.05, 4.69) is 28.9 Å². The van der Waals surface area contributed by atoms with E-state index in [0.717, 1.165) is 68.5 Å². The van der Waals surface area contributed by atoms with Crippen molar-refractivity contribution in [3.05, 3.63) is 53.0 Å². The molecule has 2 heterocycles. The number of benzene rings is 2. The molecule has 0 aliphatic carbocycles. The van der Waals surface area contributed by atoms with E-state index in [9.17, 15) is 13.0 Å². The highest BCUT2D eigenvalue weighted by Gasteiger charge is 2.18. The number of unbranched alkanes of at least 4 members (excludes halogenated alkanes) is 1. The highest BCUT2D eigenvalue weighted by Crippen LogP contribution is 2.30. The summed E-state index contributed by atoms with van der Waals surface area (Å²) in [6, 6.07) is 14.2. The Bertz CT molecular complexity index is 1310. The van der Waals surface area contributed by atoms with Crippen LogP contribution in [0.2, 0.25) is 0 Å². The second-order valence-electron chi connectivity index (χ2n) is 8.60. The predicted octanol–water partition coefficient (Wildman–Crippen LogP) is 4.94. The Hall–Kier alpha value is -1.76. The van der Waals surface area contributed by atoms with Crippen molar-refractivity contribution in [3.63, 3.8) is 0 Å². The van der Waals surface area contributed by atoms with Crippen molar-refractivity contribution in [1.82, 2.24) is 0 Å². The van der Waals surface area contributed by atoms with Gasteiger partial charge in [-0.3, -0.25) is 0 Å². The topological polar surface area (TPSA) is 88.8 Å². The van der Waals surface area contributed by atoms with Crippen LogP contribution in [0.5, 0.6) is 11.5 Å². The van der Waals surface area contributed by atoms with Gasteiger partial charge in [-0.15, -0.1) is 0 Å². The lowest BCUT2D eigenvalue weighted by Gasteiger charge is -2.13. The molecule has 2 aromatic carbocycles. The Labute approximate surface area is 237 Å². The van der Waals surface area contributed by atoms with Crippen molar-refractivity contribution in [2.45, 2.75) is 19.4 Å². The number of thiazole rings is 1. The van der Waals surface area contributed by atoms with Gasteiger partial charge >= 0.3 is 0 Å². The van der Waals surface area contributed by atoms with E-state index in [-0.39, 0.29) is 5.75 Å². The Morgan fingerprint density at radius 3 is 2.34 bits per heavy atom. The number of aromatic nitrogens is 1. The Morgan fingerprint density at radius 2 is 1.58 bits per heavy atom. The monoisotopic (exact) mass is 595 g/mol. The van der Waals surface area contributed by atoms with Crippen molar-refractivity contribution in [1.29, 1.82) is 0 Å². The number of rotatable bonds is 7.